The van der Waals surface area contributed by atoms with Crippen molar-refractivity contribution in [1.82, 2.24) is 10.6 Å². The summed E-state index contributed by atoms with van der Waals surface area (Å²) in [6, 6.07) is 7.15. The molecule has 1 aliphatic rings. The minimum Gasteiger partial charge on any atom is -0.494 e. The number of benzene rings is 1. The number of carbonyl (C=O) groups excluding carboxylic acids is 2. The molecule has 1 fully saturated rings. The minimum absolute atomic E-state index is 0.00500. The monoisotopic (exact) mass is 319 g/mol. The quantitative estimate of drug-likeness (QED) is 0.679. The Morgan fingerprint density at radius 3 is 2.70 bits per heavy atom. The van der Waals surface area contributed by atoms with Gasteiger partial charge in [-0.3, -0.25) is 9.59 Å². The first-order valence-corrected chi connectivity index (χ1v) is 8.17. The fourth-order valence-electron chi connectivity index (χ4n) is 2.57. The van der Waals surface area contributed by atoms with E-state index in [2.05, 4.69) is 16.0 Å². The molecule has 0 bridgehead atoms. The van der Waals surface area contributed by atoms with Gasteiger partial charge >= 0.3 is 0 Å². The zero-order chi connectivity index (χ0) is 16.5. The first-order chi connectivity index (χ1) is 11.2. The minimum atomic E-state index is -0.231. The maximum absolute atomic E-state index is 11.8. The highest BCUT2D eigenvalue weighted by atomic mass is 16.5. The van der Waals surface area contributed by atoms with E-state index in [9.17, 15) is 9.59 Å². The Bertz CT molecular complexity index is 510. The van der Waals surface area contributed by atoms with E-state index >= 15 is 0 Å². The van der Waals surface area contributed by atoms with Crippen LogP contribution in [-0.2, 0) is 9.59 Å². The van der Waals surface area contributed by atoms with Gasteiger partial charge in [0.25, 0.3) is 0 Å². The van der Waals surface area contributed by atoms with Crippen LogP contribution >= 0.6 is 0 Å². The topological polar surface area (TPSA) is 79.5 Å². The SMILES string of the molecule is CCOc1ccc(NC(=O)CNC(=O)CCC2CCNC2)cc1. The second-order valence-electron chi connectivity index (χ2n) is 5.68. The molecule has 0 saturated carbocycles. The van der Waals surface area contributed by atoms with Gasteiger partial charge in [0.1, 0.15) is 5.75 Å². The van der Waals surface area contributed by atoms with Crippen LogP contribution in [0, 0.1) is 5.92 Å². The van der Waals surface area contributed by atoms with Crippen molar-refractivity contribution in [3.8, 4) is 5.75 Å². The molecule has 2 amide bonds. The highest BCUT2D eigenvalue weighted by Crippen LogP contribution is 2.15. The van der Waals surface area contributed by atoms with Crippen molar-refractivity contribution in [2.45, 2.75) is 26.2 Å². The Morgan fingerprint density at radius 1 is 1.26 bits per heavy atom. The fourth-order valence-corrected chi connectivity index (χ4v) is 2.57. The average molecular weight is 319 g/mol. The van der Waals surface area contributed by atoms with E-state index in [1.165, 1.54) is 0 Å². The van der Waals surface area contributed by atoms with Crippen LogP contribution < -0.4 is 20.7 Å². The van der Waals surface area contributed by atoms with Crippen LogP contribution in [0.15, 0.2) is 24.3 Å². The molecule has 1 aromatic carbocycles. The van der Waals surface area contributed by atoms with Crippen LogP contribution in [0.5, 0.6) is 5.75 Å². The Balaban J connectivity index is 1.64. The van der Waals surface area contributed by atoms with Gasteiger partial charge in [-0.05, 0) is 63.0 Å². The third kappa shape index (κ3) is 6.28. The first kappa shape index (κ1) is 17.3. The molecule has 0 aromatic heterocycles. The molecule has 2 rings (SSSR count). The van der Waals surface area contributed by atoms with Gasteiger partial charge < -0.3 is 20.7 Å². The molecule has 0 aliphatic carbocycles. The smallest absolute Gasteiger partial charge is 0.243 e. The highest BCUT2D eigenvalue weighted by Gasteiger charge is 2.15. The summed E-state index contributed by atoms with van der Waals surface area (Å²) in [4.78, 5) is 23.6. The largest absolute Gasteiger partial charge is 0.494 e. The van der Waals surface area contributed by atoms with Crippen molar-refractivity contribution < 1.29 is 14.3 Å². The number of anilines is 1. The molecule has 1 saturated heterocycles. The zero-order valence-electron chi connectivity index (χ0n) is 13.6. The van der Waals surface area contributed by atoms with Crippen LogP contribution in [0.25, 0.3) is 0 Å². The Morgan fingerprint density at radius 2 is 2.04 bits per heavy atom. The normalized spacial score (nSPS) is 16.8. The van der Waals surface area contributed by atoms with Crippen molar-refractivity contribution in [3.05, 3.63) is 24.3 Å². The Labute approximate surface area is 137 Å². The van der Waals surface area contributed by atoms with E-state index in [1.807, 2.05) is 6.92 Å². The summed E-state index contributed by atoms with van der Waals surface area (Å²) in [5.74, 6) is 1.04. The third-order valence-electron chi connectivity index (χ3n) is 3.84. The van der Waals surface area contributed by atoms with E-state index in [4.69, 9.17) is 4.74 Å². The lowest BCUT2D eigenvalue weighted by Crippen LogP contribution is -2.33. The molecule has 1 unspecified atom stereocenters. The molecule has 0 spiro atoms. The zero-order valence-corrected chi connectivity index (χ0v) is 13.6. The predicted molar refractivity (Wildman–Crippen MR) is 89.5 cm³/mol. The second kappa shape index (κ2) is 9.15. The van der Waals surface area contributed by atoms with Crippen LogP contribution in [-0.4, -0.2) is 38.1 Å². The van der Waals surface area contributed by atoms with E-state index in [1.54, 1.807) is 24.3 Å². The maximum Gasteiger partial charge on any atom is 0.243 e. The Hall–Kier alpha value is -2.08. The molecule has 1 aliphatic heterocycles. The van der Waals surface area contributed by atoms with Gasteiger partial charge in [-0.1, -0.05) is 0 Å². The van der Waals surface area contributed by atoms with E-state index in [-0.39, 0.29) is 18.4 Å². The van der Waals surface area contributed by atoms with Crippen molar-refractivity contribution in [2.24, 2.45) is 5.92 Å². The lowest BCUT2D eigenvalue weighted by Gasteiger charge is -2.09. The van der Waals surface area contributed by atoms with Gasteiger partial charge in [0.2, 0.25) is 11.8 Å². The molecule has 23 heavy (non-hydrogen) atoms. The van der Waals surface area contributed by atoms with E-state index < -0.39 is 0 Å². The average Bonchev–Trinajstić information content (AvgIpc) is 3.06. The summed E-state index contributed by atoms with van der Waals surface area (Å²) in [7, 11) is 0. The summed E-state index contributed by atoms with van der Waals surface area (Å²) in [6.45, 7) is 4.55. The standard InChI is InChI=1S/C17H25N3O3/c1-2-23-15-6-4-14(5-7-15)20-17(22)12-19-16(21)8-3-13-9-10-18-11-13/h4-7,13,18H,2-3,8-12H2,1H3,(H,19,21)(H,20,22). The first-order valence-electron chi connectivity index (χ1n) is 8.17. The summed E-state index contributed by atoms with van der Waals surface area (Å²) < 4.78 is 5.34. The van der Waals surface area contributed by atoms with Gasteiger partial charge in [-0.2, -0.15) is 0 Å². The van der Waals surface area contributed by atoms with Crippen molar-refractivity contribution in [1.29, 1.82) is 0 Å². The molecule has 6 nitrogen and oxygen atoms in total. The number of carbonyl (C=O) groups is 2. The van der Waals surface area contributed by atoms with Crippen molar-refractivity contribution >= 4 is 17.5 Å². The number of rotatable bonds is 8. The molecule has 126 valence electrons. The molecule has 1 atom stereocenters. The van der Waals surface area contributed by atoms with Crippen molar-refractivity contribution in [3.63, 3.8) is 0 Å². The summed E-state index contributed by atoms with van der Waals surface area (Å²) in [6.07, 6.45) is 2.48. The lowest BCUT2D eigenvalue weighted by atomic mass is 10.0. The van der Waals surface area contributed by atoms with Gasteiger partial charge in [-0.15, -0.1) is 0 Å². The molecule has 1 aromatic rings. The highest BCUT2D eigenvalue weighted by molar-refractivity contribution is 5.94. The maximum atomic E-state index is 11.8. The number of hydrogen-bond acceptors (Lipinski definition) is 4. The van der Waals surface area contributed by atoms with E-state index in [0.717, 1.165) is 31.7 Å². The molecule has 0 radical (unpaired) electrons. The second-order valence-corrected chi connectivity index (χ2v) is 5.68. The van der Waals surface area contributed by atoms with Gasteiger partial charge in [0.05, 0.1) is 13.2 Å². The molecule has 3 N–H and O–H groups in total. The third-order valence-corrected chi connectivity index (χ3v) is 3.84. The van der Waals surface area contributed by atoms with Crippen LogP contribution in [0.1, 0.15) is 26.2 Å². The summed E-state index contributed by atoms with van der Waals surface area (Å²) in [5.41, 5.74) is 0.685. The summed E-state index contributed by atoms with van der Waals surface area (Å²) >= 11 is 0. The van der Waals surface area contributed by atoms with Gasteiger partial charge in [-0.25, -0.2) is 0 Å². The summed E-state index contributed by atoms with van der Waals surface area (Å²) in [5, 5.41) is 8.69. The Kier molecular flexibility index (Phi) is 6.87. The molecule has 1 heterocycles. The lowest BCUT2D eigenvalue weighted by molar-refractivity contribution is -0.124. The van der Waals surface area contributed by atoms with Gasteiger partial charge in [0, 0.05) is 12.1 Å². The number of hydrogen-bond donors (Lipinski definition) is 3. The van der Waals surface area contributed by atoms with Crippen LogP contribution in [0.3, 0.4) is 0 Å². The van der Waals surface area contributed by atoms with E-state index in [0.29, 0.717) is 24.6 Å². The molecular formula is C17H25N3O3. The fraction of sp³-hybridized carbons (Fsp3) is 0.529. The molecular weight excluding hydrogens is 294 g/mol. The van der Waals surface area contributed by atoms with Gasteiger partial charge in [0.15, 0.2) is 0 Å². The van der Waals surface area contributed by atoms with Crippen LogP contribution in [0.2, 0.25) is 0 Å². The van der Waals surface area contributed by atoms with Crippen molar-refractivity contribution in [2.75, 3.05) is 31.6 Å². The number of nitrogens with one attached hydrogen (secondary N) is 3. The number of amides is 2. The number of ether oxygens (including phenoxy) is 1. The predicted octanol–water partition coefficient (Wildman–Crippen LogP) is 1.53. The van der Waals surface area contributed by atoms with Crippen LogP contribution in [0.4, 0.5) is 5.69 Å². The molecule has 6 heteroatoms.